The Labute approximate surface area is 198 Å². The van der Waals surface area contributed by atoms with Gasteiger partial charge in [0.05, 0.1) is 5.41 Å². The van der Waals surface area contributed by atoms with E-state index in [0.29, 0.717) is 5.46 Å². The summed E-state index contributed by atoms with van der Waals surface area (Å²) in [6.45, 7) is 0. The molecule has 5 aromatic carbocycles. The number of hydrogen-bond acceptors (Lipinski definition) is 2. The monoisotopic (exact) mass is 436 g/mol. The van der Waals surface area contributed by atoms with Crippen LogP contribution in [-0.2, 0) is 5.41 Å². The Morgan fingerprint density at radius 2 is 0.971 bits per heavy atom. The highest BCUT2D eigenvalue weighted by atomic mass is 16.4. The van der Waals surface area contributed by atoms with Crippen molar-refractivity contribution in [1.29, 1.82) is 0 Å². The molecule has 2 aliphatic rings. The minimum Gasteiger partial charge on any atom is -0.423 e. The van der Waals surface area contributed by atoms with Gasteiger partial charge in [-0.3, -0.25) is 0 Å². The van der Waals surface area contributed by atoms with Crippen LogP contribution in [-0.4, -0.2) is 17.2 Å². The lowest BCUT2D eigenvalue weighted by Gasteiger charge is -2.31. The Balaban J connectivity index is 1.63. The topological polar surface area (TPSA) is 40.5 Å². The molecule has 0 fully saturated rings. The van der Waals surface area contributed by atoms with E-state index in [2.05, 4.69) is 91.0 Å². The molecule has 0 bridgehead atoms. The molecule has 3 heteroatoms. The van der Waals surface area contributed by atoms with E-state index in [1.54, 1.807) is 0 Å². The second kappa shape index (κ2) is 7.04. The van der Waals surface area contributed by atoms with Crippen LogP contribution in [0.4, 0.5) is 0 Å². The van der Waals surface area contributed by atoms with Crippen molar-refractivity contribution in [2.75, 3.05) is 0 Å². The molecule has 0 aromatic heterocycles. The molecule has 1 spiro atoms. The van der Waals surface area contributed by atoms with Gasteiger partial charge in [0.15, 0.2) is 0 Å². The number of hydrogen-bond donors (Lipinski definition) is 2. The highest BCUT2D eigenvalue weighted by molar-refractivity contribution is 6.58. The van der Waals surface area contributed by atoms with Crippen molar-refractivity contribution in [2.45, 2.75) is 5.41 Å². The van der Waals surface area contributed by atoms with Gasteiger partial charge in [-0.15, -0.1) is 0 Å². The highest BCUT2D eigenvalue weighted by Gasteiger charge is 2.51. The van der Waals surface area contributed by atoms with Gasteiger partial charge in [0.1, 0.15) is 0 Å². The Kier molecular flexibility index (Phi) is 4.05. The lowest BCUT2D eigenvalue weighted by atomic mass is 9.68. The third-order valence-electron chi connectivity index (χ3n) is 7.52. The fraction of sp³-hybridized carbons (Fsp3) is 0.0323. The summed E-state index contributed by atoms with van der Waals surface area (Å²) < 4.78 is 0. The molecule has 0 heterocycles. The van der Waals surface area contributed by atoms with Gasteiger partial charge in [0.25, 0.3) is 0 Å². The normalized spacial score (nSPS) is 16.6. The zero-order valence-electron chi connectivity index (χ0n) is 18.4. The summed E-state index contributed by atoms with van der Waals surface area (Å²) in [5, 5.41) is 20.1. The zero-order valence-corrected chi connectivity index (χ0v) is 18.4. The summed E-state index contributed by atoms with van der Waals surface area (Å²) in [7, 11) is -1.52. The van der Waals surface area contributed by atoms with E-state index in [4.69, 9.17) is 0 Å². The van der Waals surface area contributed by atoms with Crippen molar-refractivity contribution in [3.8, 4) is 33.4 Å². The van der Waals surface area contributed by atoms with Crippen LogP contribution in [0, 0.1) is 0 Å². The van der Waals surface area contributed by atoms with Crippen LogP contribution in [0.3, 0.4) is 0 Å². The van der Waals surface area contributed by atoms with Crippen molar-refractivity contribution >= 4 is 12.6 Å². The van der Waals surface area contributed by atoms with Gasteiger partial charge in [-0.05, 0) is 67.2 Å². The van der Waals surface area contributed by atoms with Gasteiger partial charge >= 0.3 is 7.12 Å². The molecule has 1 unspecified atom stereocenters. The maximum absolute atomic E-state index is 10.0. The average molecular weight is 436 g/mol. The molecule has 0 aliphatic heterocycles. The summed E-state index contributed by atoms with van der Waals surface area (Å²) in [4.78, 5) is 0. The van der Waals surface area contributed by atoms with Gasteiger partial charge in [-0.2, -0.15) is 0 Å². The van der Waals surface area contributed by atoms with E-state index in [1.165, 1.54) is 44.5 Å². The SMILES string of the molecule is OB(O)c1ccc2c(c1)C1(c3ccccc3-2)c2ccccc2-c2ccc(-c3ccccc3)cc21. The number of benzene rings is 5. The van der Waals surface area contributed by atoms with Crippen molar-refractivity contribution < 1.29 is 10.0 Å². The minimum absolute atomic E-state index is 0.506. The van der Waals surface area contributed by atoms with Gasteiger partial charge in [-0.25, -0.2) is 0 Å². The first-order chi connectivity index (χ1) is 16.7. The Hall–Kier alpha value is -3.92. The molecular formula is C31H21BO2. The van der Waals surface area contributed by atoms with Crippen LogP contribution in [0.1, 0.15) is 22.3 Å². The van der Waals surface area contributed by atoms with E-state index in [-0.39, 0.29) is 0 Å². The standard InChI is InChI=1S/C31H21BO2/c33-32(34)22-15-17-26-24-11-5-7-13-28(24)31(30(26)19-22)27-12-6-4-10-23(27)25-16-14-21(18-29(25)31)20-8-2-1-3-9-20/h1-19,33-34H. The molecule has 0 saturated carbocycles. The minimum atomic E-state index is -1.52. The fourth-order valence-corrected chi connectivity index (χ4v) is 6.13. The van der Waals surface area contributed by atoms with E-state index >= 15 is 0 Å². The van der Waals surface area contributed by atoms with Gasteiger partial charge < -0.3 is 10.0 Å². The third kappa shape index (κ3) is 2.43. The number of fused-ring (bicyclic) bond motifs is 10. The first-order valence-corrected chi connectivity index (χ1v) is 11.6. The predicted octanol–water partition coefficient (Wildman–Crippen LogP) is 5.38. The molecule has 0 saturated heterocycles. The second-order valence-corrected chi connectivity index (χ2v) is 9.15. The fourth-order valence-electron chi connectivity index (χ4n) is 6.13. The van der Waals surface area contributed by atoms with Crippen LogP contribution in [0.25, 0.3) is 33.4 Å². The summed E-state index contributed by atoms with van der Waals surface area (Å²) in [5.74, 6) is 0. The van der Waals surface area contributed by atoms with Gasteiger partial charge in [0, 0.05) is 0 Å². The van der Waals surface area contributed by atoms with Crippen LogP contribution in [0.5, 0.6) is 0 Å². The smallest absolute Gasteiger partial charge is 0.423 e. The first-order valence-electron chi connectivity index (χ1n) is 11.6. The highest BCUT2D eigenvalue weighted by Crippen LogP contribution is 2.62. The maximum atomic E-state index is 10.0. The number of rotatable bonds is 2. The molecule has 160 valence electrons. The van der Waals surface area contributed by atoms with Crippen molar-refractivity contribution in [3.63, 3.8) is 0 Å². The second-order valence-electron chi connectivity index (χ2n) is 9.15. The molecule has 5 aromatic rings. The lowest BCUT2D eigenvalue weighted by molar-refractivity contribution is 0.425. The average Bonchev–Trinajstić information content (AvgIpc) is 3.36. The van der Waals surface area contributed by atoms with Crippen LogP contribution in [0.2, 0.25) is 0 Å². The molecule has 2 aliphatic carbocycles. The molecule has 2 N–H and O–H groups in total. The van der Waals surface area contributed by atoms with Crippen molar-refractivity contribution in [1.82, 2.24) is 0 Å². The first kappa shape index (κ1) is 19.5. The zero-order chi connectivity index (χ0) is 22.9. The van der Waals surface area contributed by atoms with E-state index in [1.807, 2.05) is 24.3 Å². The molecular weight excluding hydrogens is 415 g/mol. The quantitative estimate of drug-likeness (QED) is 0.358. The van der Waals surface area contributed by atoms with Crippen molar-refractivity contribution in [3.05, 3.63) is 138 Å². The summed E-state index contributed by atoms with van der Waals surface area (Å²) >= 11 is 0. The van der Waals surface area contributed by atoms with E-state index < -0.39 is 12.5 Å². The molecule has 0 radical (unpaired) electrons. The van der Waals surface area contributed by atoms with Gasteiger partial charge in [0.2, 0.25) is 0 Å². The maximum Gasteiger partial charge on any atom is 0.488 e. The molecule has 7 rings (SSSR count). The van der Waals surface area contributed by atoms with Crippen molar-refractivity contribution in [2.24, 2.45) is 0 Å². The van der Waals surface area contributed by atoms with Crippen LogP contribution >= 0.6 is 0 Å². The molecule has 2 nitrogen and oxygen atoms in total. The predicted molar refractivity (Wildman–Crippen MR) is 138 cm³/mol. The lowest BCUT2D eigenvalue weighted by Crippen LogP contribution is -2.33. The molecule has 1 atom stereocenters. The summed E-state index contributed by atoms with van der Waals surface area (Å²) in [6, 6.07) is 40.3. The Morgan fingerprint density at radius 3 is 1.62 bits per heavy atom. The largest absolute Gasteiger partial charge is 0.488 e. The summed E-state index contributed by atoms with van der Waals surface area (Å²) in [5.41, 5.74) is 12.0. The van der Waals surface area contributed by atoms with E-state index in [0.717, 1.165) is 11.1 Å². The van der Waals surface area contributed by atoms with Gasteiger partial charge in [-0.1, -0.05) is 109 Å². The summed E-state index contributed by atoms with van der Waals surface area (Å²) in [6.07, 6.45) is 0. The van der Waals surface area contributed by atoms with E-state index in [9.17, 15) is 10.0 Å². The Morgan fingerprint density at radius 1 is 0.441 bits per heavy atom. The van der Waals surface area contributed by atoms with Crippen LogP contribution < -0.4 is 5.46 Å². The van der Waals surface area contributed by atoms with Crippen LogP contribution in [0.15, 0.2) is 115 Å². The third-order valence-corrected chi connectivity index (χ3v) is 7.52. The molecule has 0 amide bonds. The molecule has 34 heavy (non-hydrogen) atoms. The Bertz CT molecular complexity index is 1580.